The molecule has 1 heterocycles. The first kappa shape index (κ1) is 13.7. The van der Waals surface area contributed by atoms with Crippen LogP contribution in [0.15, 0.2) is 36.5 Å². The van der Waals surface area contributed by atoms with Gasteiger partial charge in [-0.2, -0.15) is 0 Å². The molecule has 0 amide bonds. The summed E-state index contributed by atoms with van der Waals surface area (Å²) in [5.74, 6) is 0.386. The van der Waals surface area contributed by atoms with Crippen molar-refractivity contribution < 1.29 is 4.79 Å². The third-order valence-electron chi connectivity index (χ3n) is 3.64. The summed E-state index contributed by atoms with van der Waals surface area (Å²) in [5, 5.41) is 1.04. The average molecular weight is 255 g/mol. The summed E-state index contributed by atoms with van der Waals surface area (Å²) >= 11 is 0. The van der Waals surface area contributed by atoms with Crippen LogP contribution in [0.3, 0.4) is 0 Å². The van der Waals surface area contributed by atoms with E-state index in [1.165, 1.54) is 0 Å². The molecule has 100 valence electrons. The molecule has 0 spiro atoms. The minimum Gasteiger partial charge on any atom is -0.294 e. The summed E-state index contributed by atoms with van der Waals surface area (Å²) in [5.41, 5.74) is 1.70. The number of pyridine rings is 1. The van der Waals surface area contributed by atoms with Gasteiger partial charge in [0.2, 0.25) is 0 Å². The van der Waals surface area contributed by atoms with Gasteiger partial charge in [-0.1, -0.05) is 44.9 Å². The van der Waals surface area contributed by atoms with Crippen LogP contribution in [-0.2, 0) is 0 Å². The van der Waals surface area contributed by atoms with Crippen molar-refractivity contribution in [1.29, 1.82) is 0 Å². The van der Waals surface area contributed by atoms with Crippen LogP contribution in [0.25, 0.3) is 10.9 Å². The molecule has 1 aromatic heterocycles. The Kier molecular flexibility index (Phi) is 4.67. The van der Waals surface area contributed by atoms with E-state index in [0.717, 1.165) is 42.1 Å². The first-order valence-corrected chi connectivity index (χ1v) is 7.15. The highest BCUT2D eigenvalue weighted by Crippen LogP contribution is 2.20. The van der Waals surface area contributed by atoms with Crippen LogP contribution < -0.4 is 0 Å². The molecule has 0 N–H and O–H groups in total. The molecule has 1 unspecified atom stereocenters. The van der Waals surface area contributed by atoms with Crippen molar-refractivity contribution in [2.45, 2.75) is 39.5 Å². The molecule has 0 saturated heterocycles. The SMILES string of the molecule is CCCCC(CC)C(=O)c1cnc2ccccc2c1. The number of aromatic nitrogens is 1. The van der Waals surface area contributed by atoms with E-state index in [1.807, 2.05) is 30.3 Å². The standard InChI is InChI=1S/C17H21NO/c1-3-5-8-13(4-2)17(19)15-11-14-9-6-7-10-16(14)18-12-15/h6-7,9-13H,3-5,8H2,1-2H3. The fourth-order valence-electron chi connectivity index (χ4n) is 2.41. The maximum Gasteiger partial charge on any atom is 0.167 e. The molecule has 0 radical (unpaired) electrons. The smallest absolute Gasteiger partial charge is 0.167 e. The number of Topliss-reactive ketones (excluding diaryl/α,β-unsaturated/α-hetero) is 1. The Morgan fingerprint density at radius 3 is 2.79 bits per heavy atom. The normalized spacial score (nSPS) is 12.5. The van der Waals surface area contributed by atoms with E-state index in [1.54, 1.807) is 6.20 Å². The van der Waals surface area contributed by atoms with E-state index >= 15 is 0 Å². The van der Waals surface area contributed by atoms with Gasteiger partial charge in [0.1, 0.15) is 0 Å². The Hall–Kier alpha value is -1.70. The summed E-state index contributed by atoms with van der Waals surface area (Å²) in [6.07, 6.45) is 5.87. The van der Waals surface area contributed by atoms with E-state index in [2.05, 4.69) is 18.8 Å². The van der Waals surface area contributed by atoms with Crippen molar-refractivity contribution in [3.05, 3.63) is 42.1 Å². The van der Waals surface area contributed by atoms with Gasteiger partial charge in [0.15, 0.2) is 5.78 Å². The third kappa shape index (κ3) is 3.19. The molecule has 0 aliphatic rings. The molecule has 0 aliphatic carbocycles. The Morgan fingerprint density at radius 2 is 2.05 bits per heavy atom. The molecular formula is C17H21NO. The number of fused-ring (bicyclic) bond motifs is 1. The van der Waals surface area contributed by atoms with Crippen LogP contribution in [0.1, 0.15) is 49.9 Å². The maximum absolute atomic E-state index is 12.5. The lowest BCUT2D eigenvalue weighted by Crippen LogP contribution is -2.14. The van der Waals surface area contributed by atoms with Crippen LogP contribution in [0, 0.1) is 5.92 Å². The summed E-state index contributed by atoms with van der Waals surface area (Å²) in [6, 6.07) is 9.89. The summed E-state index contributed by atoms with van der Waals surface area (Å²) in [6.45, 7) is 4.25. The molecule has 2 rings (SSSR count). The van der Waals surface area contributed by atoms with Gasteiger partial charge in [-0.15, -0.1) is 0 Å². The zero-order valence-corrected chi connectivity index (χ0v) is 11.7. The number of carbonyl (C=O) groups is 1. The summed E-state index contributed by atoms with van der Waals surface area (Å²) < 4.78 is 0. The fraction of sp³-hybridized carbons (Fsp3) is 0.412. The molecule has 19 heavy (non-hydrogen) atoms. The predicted molar refractivity (Wildman–Crippen MR) is 79.4 cm³/mol. The van der Waals surface area contributed by atoms with Gasteiger partial charge < -0.3 is 0 Å². The molecule has 2 nitrogen and oxygen atoms in total. The Bertz CT molecular complexity index is 562. The topological polar surface area (TPSA) is 30.0 Å². The van der Waals surface area contributed by atoms with Gasteiger partial charge in [-0.3, -0.25) is 9.78 Å². The highest BCUT2D eigenvalue weighted by Gasteiger charge is 2.18. The number of hydrogen-bond donors (Lipinski definition) is 0. The highest BCUT2D eigenvalue weighted by atomic mass is 16.1. The number of hydrogen-bond acceptors (Lipinski definition) is 2. The Balaban J connectivity index is 2.24. The van der Waals surface area contributed by atoms with Crippen LogP contribution in [0.2, 0.25) is 0 Å². The van der Waals surface area contributed by atoms with Crippen molar-refractivity contribution in [3.8, 4) is 0 Å². The van der Waals surface area contributed by atoms with E-state index in [4.69, 9.17) is 0 Å². The van der Waals surface area contributed by atoms with E-state index < -0.39 is 0 Å². The maximum atomic E-state index is 12.5. The van der Waals surface area contributed by atoms with Crippen molar-refractivity contribution >= 4 is 16.7 Å². The first-order valence-electron chi connectivity index (χ1n) is 7.15. The molecule has 2 heteroatoms. The second-order valence-electron chi connectivity index (χ2n) is 5.03. The highest BCUT2D eigenvalue weighted by molar-refractivity contribution is 6.00. The van der Waals surface area contributed by atoms with Gasteiger partial charge in [-0.05, 0) is 25.0 Å². The summed E-state index contributed by atoms with van der Waals surface area (Å²) in [7, 11) is 0. The number of unbranched alkanes of at least 4 members (excludes halogenated alkanes) is 1. The molecule has 0 aliphatic heterocycles. The number of nitrogens with zero attached hydrogens (tertiary/aromatic N) is 1. The van der Waals surface area contributed by atoms with Gasteiger partial charge in [0.25, 0.3) is 0 Å². The molecular weight excluding hydrogens is 234 g/mol. The lowest BCUT2D eigenvalue weighted by atomic mass is 9.91. The Morgan fingerprint density at radius 1 is 1.26 bits per heavy atom. The van der Waals surface area contributed by atoms with Gasteiger partial charge in [0, 0.05) is 23.1 Å². The Labute approximate surface area is 114 Å². The summed E-state index contributed by atoms with van der Waals surface area (Å²) in [4.78, 5) is 16.9. The zero-order chi connectivity index (χ0) is 13.7. The number of ketones is 1. The molecule has 0 fully saturated rings. The first-order chi connectivity index (χ1) is 9.26. The second kappa shape index (κ2) is 6.46. The van der Waals surface area contributed by atoms with E-state index in [-0.39, 0.29) is 11.7 Å². The van der Waals surface area contributed by atoms with E-state index in [9.17, 15) is 4.79 Å². The molecule has 1 aromatic carbocycles. The van der Waals surface area contributed by atoms with Crippen LogP contribution in [-0.4, -0.2) is 10.8 Å². The lowest BCUT2D eigenvalue weighted by molar-refractivity contribution is 0.0908. The van der Waals surface area contributed by atoms with Gasteiger partial charge >= 0.3 is 0 Å². The van der Waals surface area contributed by atoms with Gasteiger partial charge in [0.05, 0.1) is 5.52 Å². The minimum atomic E-state index is 0.142. The van der Waals surface area contributed by atoms with Crippen molar-refractivity contribution in [3.63, 3.8) is 0 Å². The number of benzene rings is 1. The molecule has 0 bridgehead atoms. The van der Waals surface area contributed by atoms with Crippen molar-refractivity contribution in [2.24, 2.45) is 5.92 Å². The fourth-order valence-corrected chi connectivity index (χ4v) is 2.41. The minimum absolute atomic E-state index is 0.142. The predicted octanol–water partition coefficient (Wildman–Crippen LogP) is 4.63. The van der Waals surface area contributed by atoms with E-state index in [0.29, 0.717) is 0 Å². The number of carbonyl (C=O) groups excluding carboxylic acids is 1. The largest absolute Gasteiger partial charge is 0.294 e. The van der Waals surface area contributed by atoms with Crippen molar-refractivity contribution in [1.82, 2.24) is 4.98 Å². The number of rotatable bonds is 6. The molecule has 0 saturated carbocycles. The number of para-hydroxylation sites is 1. The quantitative estimate of drug-likeness (QED) is 0.704. The average Bonchev–Trinajstić information content (AvgIpc) is 2.47. The van der Waals surface area contributed by atoms with Crippen LogP contribution in [0.5, 0.6) is 0 Å². The molecule has 1 atom stereocenters. The van der Waals surface area contributed by atoms with Gasteiger partial charge in [-0.25, -0.2) is 0 Å². The van der Waals surface area contributed by atoms with Crippen LogP contribution in [0.4, 0.5) is 0 Å². The monoisotopic (exact) mass is 255 g/mol. The zero-order valence-electron chi connectivity index (χ0n) is 11.7. The second-order valence-corrected chi connectivity index (χ2v) is 5.03. The van der Waals surface area contributed by atoms with Crippen LogP contribution >= 0.6 is 0 Å². The third-order valence-corrected chi connectivity index (χ3v) is 3.64. The lowest BCUT2D eigenvalue weighted by Gasteiger charge is -2.13. The van der Waals surface area contributed by atoms with Crippen molar-refractivity contribution in [2.75, 3.05) is 0 Å². The molecule has 2 aromatic rings.